The average molecular weight is 475 g/mol. The van der Waals surface area contributed by atoms with Crippen LogP contribution in [0.4, 0.5) is 0 Å². The van der Waals surface area contributed by atoms with E-state index in [-0.39, 0.29) is 0 Å². The zero-order valence-electron chi connectivity index (χ0n) is 18.8. The Morgan fingerprint density at radius 3 is 1.82 bits per heavy atom. The van der Waals surface area contributed by atoms with Crippen molar-refractivity contribution < 1.29 is 62.0 Å². The molecule has 1 saturated heterocycles. The molecule has 5 atom stereocenters. The summed E-state index contributed by atoms with van der Waals surface area (Å²) in [4.78, 5) is 73.8. The molecule has 1 aliphatic rings. The summed E-state index contributed by atoms with van der Waals surface area (Å²) in [5, 5.41) is 3.46. The second-order valence-corrected chi connectivity index (χ2v) is 6.72. The number of carbonyl (C=O) groups is 6. The van der Waals surface area contributed by atoms with E-state index in [4.69, 9.17) is 28.4 Å². The monoisotopic (exact) mass is 475 g/mol. The fraction of sp³-hybridized carbons (Fsp3) is 0.632. The summed E-state index contributed by atoms with van der Waals surface area (Å²) in [6.07, 6.45) is -7.46. The van der Waals surface area contributed by atoms with Crippen molar-refractivity contribution in [1.29, 1.82) is 0 Å². The minimum atomic E-state index is -1.54. The van der Waals surface area contributed by atoms with Crippen molar-refractivity contribution in [3.8, 4) is 0 Å². The van der Waals surface area contributed by atoms with Crippen molar-refractivity contribution in [2.75, 3.05) is 6.61 Å². The number of carbonyl (C=O) groups excluding carboxylic acids is 6. The molecule has 14 heteroatoms. The fourth-order valence-corrected chi connectivity index (χ4v) is 2.79. The molecule has 0 aromatic carbocycles. The Labute approximate surface area is 188 Å². The highest BCUT2D eigenvalue weighted by atomic mass is 16.7. The Bertz CT molecular complexity index is 821. The maximum atomic E-state index is 11.8. The van der Waals surface area contributed by atoms with Crippen LogP contribution >= 0.6 is 0 Å². The van der Waals surface area contributed by atoms with E-state index >= 15 is 0 Å². The van der Waals surface area contributed by atoms with Gasteiger partial charge < -0.3 is 33.3 Å². The van der Waals surface area contributed by atoms with Gasteiger partial charge in [-0.05, 0) is 5.16 Å². The van der Waals surface area contributed by atoms with Gasteiger partial charge in [-0.25, -0.2) is 4.79 Å². The van der Waals surface area contributed by atoms with Crippen molar-refractivity contribution in [2.24, 2.45) is 5.16 Å². The molecule has 1 fully saturated rings. The molecule has 0 spiro atoms. The van der Waals surface area contributed by atoms with Gasteiger partial charge in [0, 0.05) is 41.5 Å². The van der Waals surface area contributed by atoms with Gasteiger partial charge in [-0.15, -0.1) is 0 Å². The fourth-order valence-electron chi connectivity index (χ4n) is 2.79. The van der Waals surface area contributed by atoms with Crippen molar-refractivity contribution in [3.63, 3.8) is 0 Å². The largest absolute Gasteiger partial charge is 0.464 e. The molecule has 184 valence electrons. The highest BCUT2D eigenvalue weighted by Gasteiger charge is 2.55. The second kappa shape index (κ2) is 12.4. The van der Waals surface area contributed by atoms with E-state index in [0.717, 1.165) is 41.5 Å². The molecule has 0 unspecified atom stereocenters. The minimum Gasteiger partial charge on any atom is -0.464 e. The molecule has 33 heavy (non-hydrogen) atoms. The SMILES string of the molecule is CC(=O)OC[C@@H](OC(C)=O)[C@H](OC(C)=O)[C@@H]1O/C(=N\OC(C)=O)[C@H](OC(C)=O)[C@@H]1OC(C)=O. The molecule has 0 aromatic heterocycles. The maximum absolute atomic E-state index is 11.8. The van der Waals surface area contributed by atoms with Crippen LogP contribution < -0.4 is 0 Å². The number of oxime groups is 1. The van der Waals surface area contributed by atoms with Crippen molar-refractivity contribution in [2.45, 2.75) is 72.1 Å². The lowest BCUT2D eigenvalue weighted by Crippen LogP contribution is -2.52. The molecule has 0 N–H and O–H groups in total. The molecular weight excluding hydrogens is 450 g/mol. The van der Waals surface area contributed by atoms with Crippen molar-refractivity contribution in [3.05, 3.63) is 0 Å². The van der Waals surface area contributed by atoms with Crippen molar-refractivity contribution >= 4 is 41.7 Å². The van der Waals surface area contributed by atoms with Crippen LogP contribution in [-0.2, 0) is 62.0 Å². The second-order valence-electron chi connectivity index (χ2n) is 6.72. The van der Waals surface area contributed by atoms with Gasteiger partial charge in [-0.1, -0.05) is 0 Å². The van der Waals surface area contributed by atoms with Gasteiger partial charge >= 0.3 is 35.8 Å². The summed E-state index contributed by atoms with van der Waals surface area (Å²) < 4.78 is 31.2. The summed E-state index contributed by atoms with van der Waals surface area (Å²) in [5.41, 5.74) is 0. The quantitative estimate of drug-likeness (QED) is 0.181. The zero-order valence-corrected chi connectivity index (χ0v) is 18.8. The van der Waals surface area contributed by atoms with E-state index in [9.17, 15) is 28.8 Å². The van der Waals surface area contributed by atoms with Gasteiger partial charge in [0.1, 0.15) is 6.61 Å². The first-order valence-corrected chi connectivity index (χ1v) is 9.56. The van der Waals surface area contributed by atoms with E-state index in [1.807, 2.05) is 0 Å². The van der Waals surface area contributed by atoms with Gasteiger partial charge in [-0.3, -0.25) is 24.0 Å². The molecule has 1 rings (SSSR count). The third-order valence-electron chi connectivity index (χ3n) is 3.74. The summed E-state index contributed by atoms with van der Waals surface area (Å²) in [6.45, 7) is 5.77. The molecular formula is C19H25NO13. The summed E-state index contributed by atoms with van der Waals surface area (Å²) in [6, 6.07) is 0. The zero-order chi connectivity index (χ0) is 25.3. The van der Waals surface area contributed by atoms with Crippen molar-refractivity contribution in [1.82, 2.24) is 0 Å². The summed E-state index contributed by atoms with van der Waals surface area (Å²) in [5.74, 6) is -5.43. The first kappa shape index (κ1) is 27.3. The molecule has 0 saturated carbocycles. The van der Waals surface area contributed by atoms with Gasteiger partial charge in [0.25, 0.3) is 5.90 Å². The Morgan fingerprint density at radius 2 is 1.36 bits per heavy atom. The number of nitrogens with zero attached hydrogens (tertiary/aromatic N) is 1. The molecule has 1 heterocycles. The molecule has 0 aliphatic carbocycles. The van der Waals surface area contributed by atoms with E-state index < -0.39 is 78.8 Å². The lowest BCUT2D eigenvalue weighted by molar-refractivity contribution is -0.190. The van der Waals surface area contributed by atoms with E-state index in [1.165, 1.54) is 0 Å². The Hall–Kier alpha value is -3.71. The van der Waals surface area contributed by atoms with Gasteiger partial charge in [0.2, 0.25) is 6.10 Å². The van der Waals surface area contributed by atoms with Crippen LogP contribution in [0.1, 0.15) is 41.5 Å². The van der Waals surface area contributed by atoms with Gasteiger partial charge in [-0.2, -0.15) is 0 Å². The first-order valence-electron chi connectivity index (χ1n) is 9.56. The van der Waals surface area contributed by atoms with Crippen LogP contribution in [-0.4, -0.2) is 78.8 Å². The summed E-state index contributed by atoms with van der Waals surface area (Å²) >= 11 is 0. The third kappa shape index (κ3) is 9.13. The molecule has 1 aliphatic heterocycles. The Balaban J connectivity index is 3.51. The lowest BCUT2D eigenvalue weighted by atomic mass is 10.0. The van der Waals surface area contributed by atoms with Crippen LogP contribution in [0.15, 0.2) is 5.16 Å². The summed E-state index contributed by atoms with van der Waals surface area (Å²) in [7, 11) is 0. The molecule has 0 bridgehead atoms. The molecule has 0 aromatic rings. The molecule has 0 amide bonds. The van der Waals surface area contributed by atoms with E-state index in [0.29, 0.717) is 0 Å². The van der Waals surface area contributed by atoms with E-state index in [1.54, 1.807) is 0 Å². The number of hydrogen-bond donors (Lipinski definition) is 0. The lowest BCUT2D eigenvalue weighted by Gasteiger charge is -2.31. The maximum Gasteiger partial charge on any atom is 0.332 e. The van der Waals surface area contributed by atoms with Gasteiger partial charge in [0.05, 0.1) is 0 Å². The number of rotatable bonds is 9. The van der Waals surface area contributed by atoms with Crippen LogP contribution in [0, 0.1) is 0 Å². The molecule has 14 nitrogen and oxygen atoms in total. The predicted octanol–water partition coefficient (Wildman–Crippen LogP) is -0.448. The number of ether oxygens (including phenoxy) is 6. The molecule has 0 radical (unpaired) electrons. The average Bonchev–Trinajstić information content (AvgIpc) is 2.97. The predicted molar refractivity (Wildman–Crippen MR) is 103 cm³/mol. The standard InChI is InChI=1S/C19H25NO13/c1-8(21)27-7-14(28-9(2)22)15(29-10(3)23)16-17(30-11(4)24)18(31-12(5)25)19(32-16)20-33-13(6)26/h14-18H,7H2,1-6H3/b20-19-/t14-,15+,16+,17-,18-/m1/s1. The Kier molecular flexibility index (Phi) is 10.2. The van der Waals surface area contributed by atoms with Gasteiger partial charge in [0.15, 0.2) is 24.4 Å². The number of esters is 5. The first-order chi connectivity index (χ1) is 15.3. The highest BCUT2D eigenvalue weighted by Crippen LogP contribution is 2.30. The van der Waals surface area contributed by atoms with E-state index in [2.05, 4.69) is 9.99 Å². The van der Waals surface area contributed by atoms with Crippen LogP contribution in [0.3, 0.4) is 0 Å². The highest BCUT2D eigenvalue weighted by molar-refractivity contribution is 5.87. The third-order valence-corrected chi connectivity index (χ3v) is 3.74. The van der Waals surface area contributed by atoms with Crippen LogP contribution in [0.5, 0.6) is 0 Å². The smallest absolute Gasteiger partial charge is 0.332 e. The normalized spacial score (nSPS) is 22.2. The van der Waals surface area contributed by atoms with Crippen LogP contribution in [0.25, 0.3) is 0 Å². The topological polar surface area (TPSA) is 179 Å². The Morgan fingerprint density at radius 1 is 0.788 bits per heavy atom. The number of hydrogen-bond acceptors (Lipinski definition) is 14. The van der Waals surface area contributed by atoms with Crippen LogP contribution in [0.2, 0.25) is 0 Å². The minimum absolute atomic E-state index is 0.497.